The van der Waals surface area contributed by atoms with Crippen LogP contribution in [0.1, 0.15) is 19.8 Å². The summed E-state index contributed by atoms with van der Waals surface area (Å²) in [5.74, 6) is -0.0264. The number of carbonyl (C=O) groups excluding carboxylic acids is 1. The number of benzene rings is 1. The molecule has 0 aliphatic rings. The van der Waals surface area contributed by atoms with Crippen molar-refractivity contribution in [1.82, 2.24) is 0 Å². The SMILES string of the molecule is COC(CC(C)=O)CC(Cl)(Cl)S(=O)c1ccccc1. The minimum absolute atomic E-state index is 0.0264. The van der Waals surface area contributed by atoms with Crippen LogP contribution in [0.15, 0.2) is 35.2 Å². The van der Waals surface area contributed by atoms with E-state index in [0.29, 0.717) is 4.90 Å². The fraction of sp³-hybridized carbons (Fsp3) is 0.462. The van der Waals surface area contributed by atoms with Crippen LogP contribution in [0.2, 0.25) is 0 Å². The van der Waals surface area contributed by atoms with E-state index in [9.17, 15) is 9.00 Å². The molecule has 0 aliphatic heterocycles. The van der Waals surface area contributed by atoms with Gasteiger partial charge >= 0.3 is 0 Å². The third-order valence-corrected chi connectivity index (χ3v) is 5.10. The second-order valence-corrected chi connectivity index (χ2v) is 7.83. The van der Waals surface area contributed by atoms with Gasteiger partial charge in [-0.15, -0.1) is 0 Å². The van der Waals surface area contributed by atoms with Crippen molar-refractivity contribution >= 4 is 39.8 Å². The molecule has 2 unspecified atom stereocenters. The molecule has 0 N–H and O–H groups in total. The zero-order valence-electron chi connectivity index (χ0n) is 10.8. The van der Waals surface area contributed by atoms with Crippen LogP contribution in [0.3, 0.4) is 0 Å². The Labute approximate surface area is 125 Å². The summed E-state index contributed by atoms with van der Waals surface area (Å²) < 4.78 is 16.0. The summed E-state index contributed by atoms with van der Waals surface area (Å²) in [4.78, 5) is 11.6. The minimum atomic E-state index is -1.59. The van der Waals surface area contributed by atoms with Crippen LogP contribution in [-0.2, 0) is 20.3 Å². The first-order chi connectivity index (χ1) is 8.86. The number of hydrogen-bond acceptors (Lipinski definition) is 3. The number of ketones is 1. The smallest absolute Gasteiger partial charge is 0.198 e. The highest BCUT2D eigenvalue weighted by Gasteiger charge is 2.36. The zero-order chi connectivity index (χ0) is 14.5. The fourth-order valence-corrected chi connectivity index (χ4v) is 3.58. The van der Waals surface area contributed by atoms with Crippen LogP contribution in [0.4, 0.5) is 0 Å². The maximum Gasteiger partial charge on any atom is 0.198 e. The Morgan fingerprint density at radius 1 is 1.37 bits per heavy atom. The molecule has 19 heavy (non-hydrogen) atoms. The lowest BCUT2D eigenvalue weighted by atomic mass is 10.1. The second kappa shape index (κ2) is 7.39. The minimum Gasteiger partial charge on any atom is -0.381 e. The fourth-order valence-electron chi connectivity index (χ4n) is 1.62. The van der Waals surface area contributed by atoms with E-state index in [4.69, 9.17) is 27.9 Å². The number of rotatable bonds is 7. The standard InChI is InChI=1S/C13H16Cl2O3S/c1-10(16)8-11(18-2)9-13(14,15)19(17)12-6-4-3-5-7-12/h3-7,11H,8-9H2,1-2H3. The third kappa shape index (κ3) is 5.22. The molecule has 0 amide bonds. The molecule has 0 saturated heterocycles. The van der Waals surface area contributed by atoms with E-state index in [1.807, 2.05) is 6.07 Å². The van der Waals surface area contributed by atoms with Gasteiger partial charge in [0, 0.05) is 24.8 Å². The molecule has 0 aliphatic carbocycles. The highest BCUT2D eigenvalue weighted by Crippen LogP contribution is 2.36. The number of ether oxygens (including phenoxy) is 1. The van der Waals surface area contributed by atoms with Gasteiger partial charge in [0.15, 0.2) is 3.67 Å². The first kappa shape index (κ1) is 16.6. The molecule has 0 spiro atoms. The summed E-state index contributed by atoms with van der Waals surface area (Å²) in [6.07, 6.45) is -0.127. The van der Waals surface area contributed by atoms with Crippen molar-refractivity contribution in [1.29, 1.82) is 0 Å². The van der Waals surface area contributed by atoms with Crippen molar-refractivity contribution in [3.63, 3.8) is 0 Å². The molecular weight excluding hydrogens is 307 g/mol. The maximum atomic E-state index is 12.3. The van der Waals surface area contributed by atoms with Crippen LogP contribution in [0.25, 0.3) is 0 Å². The summed E-state index contributed by atoms with van der Waals surface area (Å²) in [6.45, 7) is 1.46. The van der Waals surface area contributed by atoms with Gasteiger partial charge in [-0.3, -0.25) is 9.00 Å². The van der Waals surface area contributed by atoms with Gasteiger partial charge in [-0.25, -0.2) is 0 Å². The average Bonchev–Trinajstić information content (AvgIpc) is 2.37. The molecule has 3 nitrogen and oxygen atoms in total. The lowest BCUT2D eigenvalue weighted by molar-refractivity contribution is -0.119. The van der Waals surface area contributed by atoms with Gasteiger partial charge in [0.2, 0.25) is 0 Å². The molecule has 0 heterocycles. The van der Waals surface area contributed by atoms with Crippen molar-refractivity contribution in [3.05, 3.63) is 30.3 Å². The molecule has 1 rings (SSSR count). The highest BCUT2D eigenvalue weighted by atomic mass is 35.5. The Hall–Kier alpha value is -0.420. The predicted molar refractivity (Wildman–Crippen MR) is 78.0 cm³/mol. The van der Waals surface area contributed by atoms with E-state index in [0.717, 1.165) is 0 Å². The van der Waals surface area contributed by atoms with Crippen LogP contribution in [0, 0.1) is 0 Å². The van der Waals surface area contributed by atoms with Crippen LogP contribution < -0.4 is 0 Å². The molecule has 0 saturated carbocycles. The molecule has 1 aromatic rings. The largest absolute Gasteiger partial charge is 0.381 e. The first-order valence-corrected chi connectivity index (χ1v) is 7.64. The van der Waals surface area contributed by atoms with Crippen molar-refractivity contribution in [3.8, 4) is 0 Å². The van der Waals surface area contributed by atoms with Gasteiger partial charge in [-0.2, -0.15) is 0 Å². The zero-order valence-corrected chi connectivity index (χ0v) is 13.1. The second-order valence-electron chi connectivity index (χ2n) is 4.19. The molecule has 0 radical (unpaired) electrons. The van der Waals surface area contributed by atoms with Crippen LogP contribution >= 0.6 is 23.2 Å². The average molecular weight is 323 g/mol. The summed E-state index contributed by atoms with van der Waals surface area (Å²) >= 11 is 12.3. The molecule has 0 bridgehead atoms. The third-order valence-electron chi connectivity index (χ3n) is 2.54. The van der Waals surface area contributed by atoms with Gasteiger partial charge < -0.3 is 4.74 Å². The molecule has 106 valence electrons. The topological polar surface area (TPSA) is 43.4 Å². The Kier molecular flexibility index (Phi) is 6.47. The first-order valence-electron chi connectivity index (χ1n) is 5.74. The van der Waals surface area contributed by atoms with Gasteiger partial charge in [0.25, 0.3) is 0 Å². The number of alkyl halides is 2. The van der Waals surface area contributed by atoms with Crippen molar-refractivity contribution in [2.24, 2.45) is 0 Å². The molecule has 0 aromatic heterocycles. The molecular formula is C13H16Cl2O3S. The molecule has 6 heteroatoms. The monoisotopic (exact) mass is 322 g/mol. The van der Waals surface area contributed by atoms with Crippen molar-refractivity contribution in [2.45, 2.75) is 34.4 Å². The van der Waals surface area contributed by atoms with Crippen LogP contribution in [-0.4, -0.2) is 26.9 Å². The lowest BCUT2D eigenvalue weighted by Gasteiger charge is -2.23. The summed E-state index contributed by atoms with van der Waals surface area (Å²) in [7, 11) is -0.116. The number of carbonyl (C=O) groups is 1. The van der Waals surface area contributed by atoms with Crippen LogP contribution in [0.5, 0.6) is 0 Å². The molecule has 1 aromatic carbocycles. The Balaban J connectivity index is 2.79. The van der Waals surface area contributed by atoms with E-state index in [2.05, 4.69) is 0 Å². The van der Waals surface area contributed by atoms with Gasteiger partial charge in [0.05, 0.1) is 16.9 Å². The van der Waals surface area contributed by atoms with E-state index < -0.39 is 20.6 Å². The summed E-state index contributed by atoms with van der Waals surface area (Å²) in [6, 6.07) is 8.74. The molecule has 0 fully saturated rings. The lowest BCUT2D eigenvalue weighted by Crippen LogP contribution is -2.29. The Morgan fingerprint density at radius 2 is 1.95 bits per heavy atom. The van der Waals surface area contributed by atoms with E-state index in [-0.39, 0.29) is 18.6 Å². The number of Topliss-reactive ketones (excluding diaryl/α,β-unsaturated/α-hetero) is 1. The van der Waals surface area contributed by atoms with Crippen molar-refractivity contribution < 1.29 is 13.7 Å². The summed E-state index contributed by atoms with van der Waals surface area (Å²) in [5.41, 5.74) is 0. The predicted octanol–water partition coefficient (Wildman–Crippen LogP) is 3.31. The number of halogens is 2. The van der Waals surface area contributed by atoms with Gasteiger partial charge in [-0.1, -0.05) is 41.4 Å². The number of hydrogen-bond donors (Lipinski definition) is 0. The summed E-state index contributed by atoms with van der Waals surface area (Å²) in [5, 5.41) is 0. The van der Waals surface area contributed by atoms with E-state index in [1.54, 1.807) is 24.3 Å². The van der Waals surface area contributed by atoms with Gasteiger partial charge in [0.1, 0.15) is 5.78 Å². The maximum absolute atomic E-state index is 12.3. The highest BCUT2D eigenvalue weighted by molar-refractivity contribution is 7.89. The van der Waals surface area contributed by atoms with E-state index >= 15 is 0 Å². The number of methoxy groups -OCH3 is 1. The molecule has 2 atom stereocenters. The quantitative estimate of drug-likeness (QED) is 0.723. The normalized spacial score (nSPS) is 14.9. The van der Waals surface area contributed by atoms with Gasteiger partial charge in [-0.05, 0) is 19.1 Å². The Bertz CT molecular complexity index is 448. The van der Waals surface area contributed by atoms with E-state index in [1.165, 1.54) is 14.0 Å². The van der Waals surface area contributed by atoms with Crippen molar-refractivity contribution in [2.75, 3.05) is 7.11 Å². The Morgan fingerprint density at radius 3 is 2.42 bits per heavy atom.